The third-order valence-electron chi connectivity index (χ3n) is 9.33. The molecule has 0 heterocycles. The average molecular weight is 789 g/mol. The number of nitrogens with zero attached hydrogens (tertiary/aromatic N) is 6. The Hall–Kier alpha value is -5.40. The third kappa shape index (κ3) is 17.9. The quantitative estimate of drug-likeness (QED) is 0.0286. The van der Waals surface area contributed by atoms with Gasteiger partial charge in [0.2, 0.25) is 0 Å². The van der Waals surface area contributed by atoms with E-state index in [4.69, 9.17) is 19.7 Å². The minimum atomic E-state index is -0.953. The second-order valence-electron chi connectivity index (χ2n) is 14.1. The van der Waals surface area contributed by atoms with Gasteiger partial charge in [0, 0.05) is 55.9 Å². The van der Waals surface area contributed by atoms with Gasteiger partial charge in [-0.3, -0.25) is 19.7 Å². The molecule has 0 saturated carbocycles. The van der Waals surface area contributed by atoms with Crippen molar-refractivity contribution in [1.29, 1.82) is 0 Å². The molecule has 0 bridgehead atoms. The topological polar surface area (TPSA) is 189 Å². The number of non-ortho nitro benzene ring substituents is 1. The summed E-state index contributed by atoms with van der Waals surface area (Å²) in [5.41, 5.74) is 3.57. The van der Waals surface area contributed by atoms with Crippen LogP contribution in [0.2, 0.25) is 0 Å². The fourth-order valence-electron chi connectivity index (χ4n) is 6.08. The molecule has 310 valence electrons. The summed E-state index contributed by atoms with van der Waals surface area (Å²) in [6, 6.07) is 14.9. The SMILES string of the molecule is CCCCCCCCN(CCCCCCCC)c1ccc(N=Nc2cc(OCCCC(=O)O)c(N=Nc3ccc([N+](=O)[O-])cc3)cc2OCCCC(=O)O)c(C)c1. The largest absolute Gasteiger partial charge is 0.491 e. The summed E-state index contributed by atoms with van der Waals surface area (Å²) < 4.78 is 12.0. The van der Waals surface area contributed by atoms with Gasteiger partial charge in [-0.2, -0.15) is 10.2 Å². The number of hydrogen-bond acceptors (Lipinski definition) is 11. The van der Waals surface area contributed by atoms with E-state index in [0.29, 0.717) is 17.1 Å². The van der Waals surface area contributed by atoms with E-state index in [9.17, 15) is 19.7 Å². The van der Waals surface area contributed by atoms with E-state index in [1.165, 1.54) is 88.5 Å². The van der Waals surface area contributed by atoms with Gasteiger partial charge in [-0.1, -0.05) is 78.1 Å². The van der Waals surface area contributed by atoms with Crippen LogP contribution in [0.25, 0.3) is 0 Å². The van der Waals surface area contributed by atoms with E-state index in [-0.39, 0.29) is 61.8 Å². The first-order chi connectivity index (χ1) is 27.6. The maximum absolute atomic E-state index is 11.2. The predicted octanol–water partition coefficient (Wildman–Crippen LogP) is 12.7. The van der Waals surface area contributed by atoms with Crippen LogP contribution >= 0.6 is 0 Å². The number of aryl methyl sites for hydroxylation is 1. The normalized spacial score (nSPS) is 11.4. The Morgan fingerprint density at radius 3 is 1.58 bits per heavy atom. The molecule has 0 radical (unpaired) electrons. The number of carboxylic acids is 2. The van der Waals surface area contributed by atoms with Gasteiger partial charge in [0.05, 0.1) is 29.5 Å². The van der Waals surface area contributed by atoms with Gasteiger partial charge in [-0.25, -0.2) is 0 Å². The van der Waals surface area contributed by atoms with E-state index < -0.39 is 16.9 Å². The van der Waals surface area contributed by atoms with Crippen molar-refractivity contribution >= 4 is 46.1 Å². The summed E-state index contributed by atoms with van der Waals surface area (Å²) in [4.78, 5) is 35.4. The second-order valence-corrected chi connectivity index (χ2v) is 14.1. The Bertz CT molecular complexity index is 1730. The summed E-state index contributed by atoms with van der Waals surface area (Å²) in [5.74, 6) is -1.40. The lowest BCUT2D eigenvalue weighted by Gasteiger charge is -2.26. The minimum Gasteiger partial charge on any atom is -0.491 e. The van der Waals surface area contributed by atoms with E-state index in [1.807, 2.05) is 13.0 Å². The molecule has 57 heavy (non-hydrogen) atoms. The lowest BCUT2D eigenvalue weighted by molar-refractivity contribution is -0.384. The van der Waals surface area contributed by atoms with Crippen molar-refractivity contribution in [2.75, 3.05) is 31.2 Å². The van der Waals surface area contributed by atoms with Crippen molar-refractivity contribution in [3.63, 3.8) is 0 Å². The van der Waals surface area contributed by atoms with E-state index >= 15 is 0 Å². The standard InChI is InChI=1S/C43H60N6O8/c1-4-6-8-10-12-14-26-48(27-15-13-11-9-7-5-2)36-24-25-37(33(3)30-36)45-47-39-32-40(56-28-16-18-42(50)51)38(31-41(39)57-29-17-19-43(52)53)46-44-34-20-22-35(23-21-34)49(54)55/h20-25,30-32H,4-19,26-29H2,1-3H3,(H,50,51)(H,52,53). The number of rotatable bonds is 30. The molecule has 0 aliphatic carbocycles. The van der Waals surface area contributed by atoms with Crippen LogP contribution in [-0.4, -0.2) is 53.4 Å². The first kappa shape index (κ1) is 46.0. The zero-order valence-electron chi connectivity index (χ0n) is 33.9. The highest BCUT2D eigenvalue weighted by Gasteiger charge is 2.15. The molecule has 0 aromatic heterocycles. The van der Waals surface area contributed by atoms with E-state index in [0.717, 1.165) is 37.2 Å². The van der Waals surface area contributed by atoms with Crippen molar-refractivity contribution in [2.24, 2.45) is 20.5 Å². The smallest absolute Gasteiger partial charge is 0.303 e. The van der Waals surface area contributed by atoms with Gasteiger partial charge in [0.15, 0.2) is 0 Å². The molecule has 2 N–H and O–H groups in total. The number of nitro benzene ring substituents is 1. The van der Waals surface area contributed by atoms with Gasteiger partial charge in [-0.15, -0.1) is 10.2 Å². The molecule has 0 atom stereocenters. The Labute approximate surface area is 336 Å². The zero-order chi connectivity index (χ0) is 41.3. The molecular formula is C43H60N6O8. The summed E-state index contributed by atoms with van der Waals surface area (Å²) in [5, 5.41) is 47.1. The molecule has 0 fully saturated rings. The van der Waals surface area contributed by atoms with Crippen LogP contribution < -0.4 is 14.4 Å². The van der Waals surface area contributed by atoms with Crippen molar-refractivity contribution < 1.29 is 34.2 Å². The Kier molecular flexibility index (Phi) is 21.3. The molecule has 0 amide bonds. The maximum atomic E-state index is 11.2. The minimum absolute atomic E-state index is 0.0658. The van der Waals surface area contributed by atoms with Crippen LogP contribution in [-0.2, 0) is 9.59 Å². The summed E-state index contributed by atoms with van der Waals surface area (Å²) in [7, 11) is 0. The lowest BCUT2D eigenvalue weighted by Crippen LogP contribution is -2.25. The summed E-state index contributed by atoms with van der Waals surface area (Å²) in [6.07, 6.45) is 15.2. The van der Waals surface area contributed by atoms with Crippen LogP contribution in [0.15, 0.2) is 75.1 Å². The summed E-state index contributed by atoms with van der Waals surface area (Å²) >= 11 is 0. The number of nitro groups is 1. The van der Waals surface area contributed by atoms with Crippen LogP contribution in [0.4, 0.5) is 34.1 Å². The van der Waals surface area contributed by atoms with Crippen molar-refractivity contribution in [3.8, 4) is 11.5 Å². The first-order valence-corrected chi connectivity index (χ1v) is 20.4. The Balaban J connectivity index is 1.92. The average Bonchev–Trinajstić information content (AvgIpc) is 3.19. The van der Waals surface area contributed by atoms with Gasteiger partial charge in [0.1, 0.15) is 22.9 Å². The number of aliphatic carboxylic acids is 2. The molecule has 3 aromatic carbocycles. The number of ether oxygens (including phenoxy) is 2. The number of carbonyl (C=O) groups is 2. The molecular weight excluding hydrogens is 729 g/mol. The highest BCUT2D eigenvalue weighted by atomic mass is 16.6. The molecule has 0 spiro atoms. The number of anilines is 1. The Morgan fingerprint density at radius 1 is 0.632 bits per heavy atom. The van der Waals surface area contributed by atoms with Crippen LogP contribution in [0.1, 0.15) is 122 Å². The molecule has 0 unspecified atom stereocenters. The van der Waals surface area contributed by atoms with E-state index in [1.54, 1.807) is 12.1 Å². The highest BCUT2D eigenvalue weighted by molar-refractivity contribution is 5.68. The maximum Gasteiger partial charge on any atom is 0.303 e. The molecule has 0 aliphatic heterocycles. The van der Waals surface area contributed by atoms with Crippen LogP contribution in [0, 0.1) is 17.0 Å². The Morgan fingerprint density at radius 2 is 1.11 bits per heavy atom. The van der Waals surface area contributed by atoms with Crippen molar-refractivity contribution in [2.45, 2.75) is 124 Å². The molecule has 0 aliphatic rings. The number of benzene rings is 3. The van der Waals surface area contributed by atoms with Crippen LogP contribution in [0.3, 0.4) is 0 Å². The van der Waals surface area contributed by atoms with E-state index in [2.05, 4.69) is 51.3 Å². The fourth-order valence-corrected chi connectivity index (χ4v) is 6.08. The number of hydrogen-bond donors (Lipinski definition) is 2. The highest BCUT2D eigenvalue weighted by Crippen LogP contribution is 2.42. The summed E-state index contributed by atoms with van der Waals surface area (Å²) in [6.45, 7) is 8.64. The lowest BCUT2D eigenvalue weighted by atomic mass is 10.1. The molecule has 3 aromatic rings. The van der Waals surface area contributed by atoms with Crippen LogP contribution in [0.5, 0.6) is 11.5 Å². The van der Waals surface area contributed by atoms with Crippen molar-refractivity contribution in [3.05, 3.63) is 70.3 Å². The molecule has 14 heteroatoms. The second kappa shape index (κ2) is 26.5. The van der Waals surface area contributed by atoms with Gasteiger partial charge >= 0.3 is 11.9 Å². The van der Waals surface area contributed by atoms with Gasteiger partial charge in [-0.05, 0) is 68.5 Å². The van der Waals surface area contributed by atoms with Gasteiger partial charge < -0.3 is 24.6 Å². The predicted molar refractivity (Wildman–Crippen MR) is 223 cm³/mol. The monoisotopic (exact) mass is 788 g/mol. The number of carboxylic acid groups (broad SMARTS) is 2. The number of unbranched alkanes of at least 4 members (excludes halogenated alkanes) is 10. The molecule has 14 nitrogen and oxygen atoms in total. The fraction of sp³-hybridized carbons (Fsp3) is 0.535. The van der Waals surface area contributed by atoms with Gasteiger partial charge in [0.25, 0.3) is 5.69 Å². The first-order valence-electron chi connectivity index (χ1n) is 20.4. The molecule has 3 rings (SSSR count). The van der Waals surface area contributed by atoms with Crippen molar-refractivity contribution in [1.82, 2.24) is 0 Å². The zero-order valence-corrected chi connectivity index (χ0v) is 33.9. The molecule has 0 saturated heterocycles. The number of azo groups is 2. The third-order valence-corrected chi connectivity index (χ3v) is 9.33.